The quantitative estimate of drug-likeness (QED) is 0.416. The minimum absolute atomic E-state index is 0.0441. The molecule has 1 heterocycles. The van der Waals surface area contributed by atoms with Crippen LogP contribution in [0.1, 0.15) is 15.9 Å². The Kier molecular flexibility index (Phi) is 8.77. The van der Waals surface area contributed by atoms with Gasteiger partial charge in [0.25, 0.3) is 11.8 Å². The highest BCUT2D eigenvalue weighted by Crippen LogP contribution is 2.18. The molecular weight excluding hydrogens is 590 g/mol. The van der Waals surface area contributed by atoms with Crippen LogP contribution in [0.15, 0.2) is 81.7 Å². The molecular formula is C27H25Br2N3O4. The van der Waals surface area contributed by atoms with Crippen LogP contribution in [-0.4, -0.2) is 60.3 Å². The van der Waals surface area contributed by atoms with Crippen molar-refractivity contribution < 1.29 is 19.1 Å². The van der Waals surface area contributed by atoms with Crippen LogP contribution < -0.4 is 10.1 Å². The molecule has 1 aliphatic heterocycles. The molecule has 0 radical (unpaired) electrons. The van der Waals surface area contributed by atoms with Crippen molar-refractivity contribution in [2.75, 3.05) is 38.1 Å². The summed E-state index contributed by atoms with van der Waals surface area (Å²) in [6.45, 7) is 1.71. The van der Waals surface area contributed by atoms with Gasteiger partial charge < -0.3 is 19.9 Å². The van der Waals surface area contributed by atoms with E-state index in [9.17, 15) is 14.4 Å². The zero-order valence-corrected chi connectivity index (χ0v) is 22.6. The maximum atomic E-state index is 13.1. The topological polar surface area (TPSA) is 79.0 Å². The van der Waals surface area contributed by atoms with Crippen LogP contribution in [0, 0.1) is 0 Å². The Bertz CT molecular complexity index is 1220. The number of benzene rings is 3. The van der Waals surface area contributed by atoms with Gasteiger partial charge >= 0.3 is 0 Å². The molecule has 0 atom stereocenters. The SMILES string of the molecule is O=C(Cc1ccc(Br)cc1)Nc1cccc(C(=O)N2CCN(C(=O)COc3ccc(Br)cc3)CC2)c1. The van der Waals surface area contributed by atoms with Gasteiger partial charge in [-0.3, -0.25) is 14.4 Å². The van der Waals surface area contributed by atoms with Gasteiger partial charge in [0.1, 0.15) is 5.75 Å². The van der Waals surface area contributed by atoms with Gasteiger partial charge in [0, 0.05) is 46.4 Å². The number of nitrogens with one attached hydrogen (secondary N) is 1. The molecule has 1 fully saturated rings. The molecule has 1 saturated heterocycles. The number of anilines is 1. The largest absolute Gasteiger partial charge is 0.484 e. The Balaban J connectivity index is 1.26. The van der Waals surface area contributed by atoms with Crippen molar-refractivity contribution in [3.05, 3.63) is 92.9 Å². The molecule has 4 rings (SSSR count). The maximum absolute atomic E-state index is 13.1. The van der Waals surface area contributed by atoms with Crippen LogP contribution in [0.5, 0.6) is 5.75 Å². The van der Waals surface area contributed by atoms with E-state index in [1.807, 2.05) is 36.4 Å². The molecule has 7 nitrogen and oxygen atoms in total. The first-order chi connectivity index (χ1) is 17.4. The molecule has 3 aromatic carbocycles. The smallest absolute Gasteiger partial charge is 0.260 e. The highest BCUT2D eigenvalue weighted by molar-refractivity contribution is 9.10. The number of piperazine rings is 1. The fraction of sp³-hybridized carbons (Fsp3) is 0.222. The summed E-state index contributed by atoms with van der Waals surface area (Å²) in [7, 11) is 0. The lowest BCUT2D eigenvalue weighted by Crippen LogP contribution is -2.51. The van der Waals surface area contributed by atoms with E-state index < -0.39 is 0 Å². The molecule has 3 aromatic rings. The number of hydrogen-bond donors (Lipinski definition) is 1. The molecule has 0 bridgehead atoms. The normalized spacial score (nSPS) is 13.3. The average molecular weight is 615 g/mol. The third-order valence-corrected chi connectivity index (χ3v) is 6.82. The average Bonchev–Trinajstić information content (AvgIpc) is 2.89. The van der Waals surface area contributed by atoms with E-state index in [0.717, 1.165) is 14.5 Å². The number of hydrogen-bond acceptors (Lipinski definition) is 4. The summed E-state index contributed by atoms with van der Waals surface area (Å²) in [5.74, 6) is 0.237. The van der Waals surface area contributed by atoms with E-state index in [0.29, 0.717) is 43.2 Å². The van der Waals surface area contributed by atoms with Gasteiger partial charge in [0.05, 0.1) is 6.42 Å². The van der Waals surface area contributed by atoms with Crippen molar-refractivity contribution in [3.8, 4) is 5.75 Å². The van der Waals surface area contributed by atoms with Crippen molar-refractivity contribution in [1.29, 1.82) is 0 Å². The zero-order chi connectivity index (χ0) is 25.5. The summed E-state index contributed by atoms with van der Waals surface area (Å²) in [5, 5.41) is 2.86. The van der Waals surface area contributed by atoms with Gasteiger partial charge in [-0.1, -0.05) is 50.1 Å². The number of ether oxygens (including phenoxy) is 1. The lowest BCUT2D eigenvalue weighted by atomic mass is 10.1. The first-order valence-electron chi connectivity index (χ1n) is 11.5. The highest BCUT2D eigenvalue weighted by Gasteiger charge is 2.25. The van der Waals surface area contributed by atoms with Crippen molar-refractivity contribution in [1.82, 2.24) is 9.80 Å². The monoisotopic (exact) mass is 613 g/mol. The van der Waals surface area contributed by atoms with Crippen LogP contribution >= 0.6 is 31.9 Å². The lowest BCUT2D eigenvalue weighted by Gasteiger charge is -2.34. The van der Waals surface area contributed by atoms with Gasteiger partial charge in [-0.05, 0) is 60.2 Å². The van der Waals surface area contributed by atoms with Crippen molar-refractivity contribution >= 4 is 55.3 Å². The Morgan fingerprint density at radius 3 is 2.08 bits per heavy atom. The summed E-state index contributed by atoms with van der Waals surface area (Å²) >= 11 is 6.75. The van der Waals surface area contributed by atoms with E-state index >= 15 is 0 Å². The highest BCUT2D eigenvalue weighted by atomic mass is 79.9. The van der Waals surface area contributed by atoms with E-state index in [4.69, 9.17) is 4.74 Å². The molecule has 1 N–H and O–H groups in total. The molecule has 36 heavy (non-hydrogen) atoms. The van der Waals surface area contributed by atoms with Gasteiger partial charge in [-0.15, -0.1) is 0 Å². The number of amides is 3. The molecule has 0 saturated carbocycles. The predicted octanol–water partition coefficient (Wildman–Crippen LogP) is 4.76. The van der Waals surface area contributed by atoms with E-state index in [1.165, 1.54) is 0 Å². The molecule has 0 unspecified atom stereocenters. The first kappa shape index (κ1) is 25.9. The Hall–Kier alpha value is -3.17. The summed E-state index contributed by atoms with van der Waals surface area (Å²) in [4.78, 5) is 41.5. The second-order valence-corrected chi connectivity index (χ2v) is 10.2. The molecule has 0 aromatic heterocycles. The fourth-order valence-electron chi connectivity index (χ4n) is 3.83. The van der Waals surface area contributed by atoms with Crippen LogP contribution in [0.3, 0.4) is 0 Å². The van der Waals surface area contributed by atoms with Crippen molar-refractivity contribution in [2.24, 2.45) is 0 Å². The van der Waals surface area contributed by atoms with Crippen LogP contribution in [0.4, 0.5) is 5.69 Å². The molecule has 0 spiro atoms. The third kappa shape index (κ3) is 7.18. The zero-order valence-electron chi connectivity index (χ0n) is 19.5. The number of rotatable bonds is 7. The van der Waals surface area contributed by atoms with Gasteiger partial charge in [-0.25, -0.2) is 0 Å². The van der Waals surface area contributed by atoms with Crippen molar-refractivity contribution in [2.45, 2.75) is 6.42 Å². The minimum Gasteiger partial charge on any atom is -0.484 e. The second kappa shape index (κ2) is 12.2. The molecule has 186 valence electrons. The summed E-state index contributed by atoms with van der Waals surface area (Å²) in [6.07, 6.45) is 0.243. The van der Waals surface area contributed by atoms with E-state index in [-0.39, 0.29) is 30.7 Å². The third-order valence-electron chi connectivity index (χ3n) is 5.77. The molecule has 0 aliphatic carbocycles. The van der Waals surface area contributed by atoms with Gasteiger partial charge in [-0.2, -0.15) is 0 Å². The number of carbonyl (C=O) groups is 3. The Morgan fingerprint density at radius 2 is 1.42 bits per heavy atom. The van der Waals surface area contributed by atoms with E-state index in [1.54, 1.807) is 46.2 Å². The van der Waals surface area contributed by atoms with Crippen LogP contribution in [0.25, 0.3) is 0 Å². The van der Waals surface area contributed by atoms with Gasteiger partial charge in [0.2, 0.25) is 5.91 Å². The van der Waals surface area contributed by atoms with Crippen molar-refractivity contribution in [3.63, 3.8) is 0 Å². The lowest BCUT2D eigenvalue weighted by molar-refractivity contribution is -0.134. The van der Waals surface area contributed by atoms with Gasteiger partial charge in [0.15, 0.2) is 6.61 Å². The van der Waals surface area contributed by atoms with E-state index in [2.05, 4.69) is 37.2 Å². The Labute approximate surface area is 226 Å². The standard InChI is InChI=1S/C27H25Br2N3O4/c28-21-6-4-19(5-7-21)16-25(33)30-23-3-1-2-20(17-23)27(35)32-14-12-31(13-15-32)26(34)18-36-24-10-8-22(29)9-11-24/h1-11,17H,12-16,18H2,(H,30,33). The molecule has 3 amide bonds. The number of carbonyl (C=O) groups excluding carboxylic acids is 3. The minimum atomic E-state index is -0.153. The summed E-state index contributed by atoms with van der Waals surface area (Å²) < 4.78 is 7.47. The first-order valence-corrected chi connectivity index (χ1v) is 13.1. The van der Waals surface area contributed by atoms with Crippen LogP contribution in [-0.2, 0) is 16.0 Å². The number of nitrogens with zero attached hydrogens (tertiary/aromatic N) is 2. The van der Waals surface area contributed by atoms with Crippen LogP contribution in [0.2, 0.25) is 0 Å². The Morgan fingerprint density at radius 1 is 0.806 bits per heavy atom. The summed E-state index contributed by atoms with van der Waals surface area (Å²) in [6, 6.07) is 21.8. The predicted molar refractivity (Wildman–Crippen MR) is 145 cm³/mol. The molecule has 1 aliphatic rings. The number of halogens is 2. The maximum Gasteiger partial charge on any atom is 0.260 e. The summed E-state index contributed by atoms with van der Waals surface area (Å²) in [5.41, 5.74) is 1.97. The fourth-order valence-corrected chi connectivity index (χ4v) is 4.36. The molecule has 9 heteroatoms. The second-order valence-electron chi connectivity index (χ2n) is 8.35.